The van der Waals surface area contributed by atoms with Gasteiger partial charge in [-0.25, -0.2) is 0 Å². The van der Waals surface area contributed by atoms with Crippen molar-refractivity contribution >= 4 is 5.97 Å². The van der Waals surface area contributed by atoms with Crippen molar-refractivity contribution in [3.8, 4) is 0 Å². The van der Waals surface area contributed by atoms with Gasteiger partial charge >= 0.3 is 5.97 Å². The lowest BCUT2D eigenvalue weighted by molar-refractivity contribution is -0.137. The van der Waals surface area contributed by atoms with Crippen LogP contribution in [-0.2, 0) is 4.79 Å². The minimum atomic E-state index is -0.977. The summed E-state index contributed by atoms with van der Waals surface area (Å²) < 4.78 is 0. The zero-order valence-electron chi connectivity index (χ0n) is 16.5. The van der Waals surface area contributed by atoms with E-state index in [0.29, 0.717) is 6.42 Å². The molecule has 0 aromatic heterocycles. The number of aliphatic hydroxyl groups is 2. The summed E-state index contributed by atoms with van der Waals surface area (Å²) in [5.41, 5.74) is 0. The summed E-state index contributed by atoms with van der Waals surface area (Å²) in [5, 5.41) is 28.1. The van der Waals surface area contributed by atoms with Gasteiger partial charge in [0.2, 0.25) is 0 Å². The third kappa shape index (κ3) is 12.4. The summed E-state index contributed by atoms with van der Waals surface area (Å²) >= 11 is 0. The van der Waals surface area contributed by atoms with Gasteiger partial charge in [-0.2, -0.15) is 0 Å². The molecule has 27 heavy (non-hydrogen) atoms. The van der Waals surface area contributed by atoms with Gasteiger partial charge in [0, 0.05) is 6.42 Å². The number of allylic oxidation sites excluding steroid dienone is 7. The lowest BCUT2D eigenvalue weighted by atomic mass is 9.96. The first kappa shape index (κ1) is 23.4. The van der Waals surface area contributed by atoms with E-state index in [1.54, 1.807) is 12.2 Å². The van der Waals surface area contributed by atoms with Crippen molar-refractivity contribution in [1.82, 2.24) is 0 Å². The number of carbonyl (C=O) groups is 1. The molecule has 0 amide bonds. The van der Waals surface area contributed by atoms with E-state index in [-0.39, 0.29) is 12.8 Å². The Morgan fingerprint density at radius 3 is 2.15 bits per heavy atom. The van der Waals surface area contributed by atoms with Crippen LogP contribution in [0, 0.1) is 11.8 Å². The number of unbranched alkanes of at least 4 members (excludes halogenated alkanes) is 2. The summed E-state index contributed by atoms with van der Waals surface area (Å²) in [5.74, 6) is 0.733. The van der Waals surface area contributed by atoms with Gasteiger partial charge in [0.15, 0.2) is 0 Å². The maximum atomic E-state index is 10.4. The van der Waals surface area contributed by atoms with Gasteiger partial charge in [-0.05, 0) is 43.9 Å². The van der Waals surface area contributed by atoms with Crippen molar-refractivity contribution < 1.29 is 20.1 Å². The van der Waals surface area contributed by atoms with Crippen molar-refractivity contribution in [3.63, 3.8) is 0 Å². The van der Waals surface area contributed by atoms with Crippen LogP contribution in [0.25, 0.3) is 0 Å². The minimum absolute atomic E-state index is 0.00587. The van der Waals surface area contributed by atoms with Gasteiger partial charge in [-0.3, -0.25) is 4.79 Å². The smallest absolute Gasteiger partial charge is 0.303 e. The van der Waals surface area contributed by atoms with E-state index in [1.165, 1.54) is 44.6 Å². The van der Waals surface area contributed by atoms with Gasteiger partial charge in [-0.1, -0.05) is 74.8 Å². The first-order chi connectivity index (χ1) is 13.0. The highest BCUT2D eigenvalue weighted by Crippen LogP contribution is 2.40. The molecular weight excluding hydrogens is 340 g/mol. The van der Waals surface area contributed by atoms with E-state index in [2.05, 4.69) is 19.1 Å². The zero-order chi connectivity index (χ0) is 19.9. The first-order valence-corrected chi connectivity index (χ1v) is 10.3. The van der Waals surface area contributed by atoms with Gasteiger partial charge in [0.25, 0.3) is 0 Å². The molecule has 1 fully saturated rings. The second kappa shape index (κ2) is 14.4. The molecule has 1 unspecified atom stereocenters. The second-order valence-electron chi connectivity index (χ2n) is 7.38. The lowest BCUT2D eigenvalue weighted by Gasteiger charge is -2.13. The normalized spacial score (nSPS) is 18.8. The minimum Gasteiger partial charge on any atom is -0.481 e. The van der Waals surface area contributed by atoms with Crippen LogP contribution >= 0.6 is 0 Å². The Morgan fingerprint density at radius 1 is 0.926 bits per heavy atom. The average molecular weight is 377 g/mol. The summed E-state index contributed by atoms with van der Waals surface area (Å²) in [6, 6.07) is 0. The molecule has 0 radical (unpaired) electrons. The van der Waals surface area contributed by atoms with Crippen LogP contribution in [0.1, 0.15) is 64.7 Å². The highest BCUT2D eigenvalue weighted by Gasteiger charge is 2.28. The predicted molar refractivity (Wildman–Crippen MR) is 110 cm³/mol. The molecule has 1 saturated carbocycles. The van der Waals surface area contributed by atoms with Crippen LogP contribution in [0.4, 0.5) is 0 Å². The standard InChI is InChI=1S/C23H36O4/c1-2-3-8-12-19(20-17-18-20)13-9-6-4-5-7-10-14-21(24)22(25)15-11-16-23(26)27/h4-7,9-10,13-14,19-22,24-25H,2-3,8,11-12,15-18H2,1H3,(H,26,27)/t19?,21-,22+/m1/s1. The Kier molecular flexibility index (Phi) is 12.5. The molecule has 152 valence electrons. The third-order valence-electron chi connectivity index (χ3n) is 4.88. The van der Waals surface area contributed by atoms with E-state index in [4.69, 9.17) is 5.11 Å². The fourth-order valence-electron chi connectivity index (χ4n) is 3.05. The zero-order valence-corrected chi connectivity index (χ0v) is 16.5. The molecule has 0 heterocycles. The molecule has 0 saturated heterocycles. The molecule has 0 spiro atoms. The number of hydrogen-bond donors (Lipinski definition) is 3. The van der Waals surface area contributed by atoms with Crippen LogP contribution in [0.5, 0.6) is 0 Å². The topological polar surface area (TPSA) is 77.8 Å². The fraction of sp³-hybridized carbons (Fsp3) is 0.609. The molecule has 1 aliphatic rings. The van der Waals surface area contributed by atoms with Crippen molar-refractivity contribution in [2.24, 2.45) is 11.8 Å². The highest BCUT2D eigenvalue weighted by molar-refractivity contribution is 5.66. The Morgan fingerprint density at radius 2 is 1.56 bits per heavy atom. The summed E-state index contributed by atoms with van der Waals surface area (Å²) in [6.45, 7) is 2.24. The van der Waals surface area contributed by atoms with E-state index < -0.39 is 18.2 Å². The van der Waals surface area contributed by atoms with Crippen molar-refractivity contribution in [2.45, 2.75) is 76.9 Å². The van der Waals surface area contributed by atoms with Crippen molar-refractivity contribution in [1.29, 1.82) is 0 Å². The van der Waals surface area contributed by atoms with Crippen LogP contribution < -0.4 is 0 Å². The first-order valence-electron chi connectivity index (χ1n) is 10.3. The average Bonchev–Trinajstić information content (AvgIpc) is 3.46. The van der Waals surface area contributed by atoms with E-state index in [1.807, 2.05) is 18.2 Å². The molecule has 3 atom stereocenters. The van der Waals surface area contributed by atoms with Crippen LogP contribution in [0.3, 0.4) is 0 Å². The Bertz CT molecular complexity index is 514. The Hall–Kier alpha value is -1.65. The molecule has 0 aromatic carbocycles. The molecule has 0 aliphatic heterocycles. The maximum absolute atomic E-state index is 10.4. The number of rotatable bonds is 15. The van der Waals surface area contributed by atoms with Gasteiger partial charge in [-0.15, -0.1) is 0 Å². The number of hydrogen-bond acceptors (Lipinski definition) is 3. The predicted octanol–water partition coefficient (Wildman–Crippen LogP) is 4.79. The van der Waals surface area contributed by atoms with E-state index in [9.17, 15) is 15.0 Å². The summed E-state index contributed by atoms with van der Waals surface area (Å²) in [6.07, 6.45) is 22.0. The molecule has 0 bridgehead atoms. The molecule has 4 nitrogen and oxygen atoms in total. The lowest BCUT2D eigenvalue weighted by Crippen LogP contribution is -2.23. The number of carboxylic acid groups (broad SMARTS) is 1. The molecule has 3 N–H and O–H groups in total. The quantitative estimate of drug-likeness (QED) is 0.283. The van der Waals surface area contributed by atoms with Crippen LogP contribution in [0.2, 0.25) is 0 Å². The number of carboxylic acids is 1. The van der Waals surface area contributed by atoms with Gasteiger partial charge < -0.3 is 15.3 Å². The second-order valence-corrected chi connectivity index (χ2v) is 7.38. The highest BCUT2D eigenvalue weighted by atomic mass is 16.4. The molecule has 4 heteroatoms. The Labute approximate surface area is 164 Å². The van der Waals surface area contributed by atoms with Crippen LogP contribution in [-0.4, -0.2) is 33.5 Å². The van der Waals surface area contributed by atoms with Gasteiger partial charge in [0.05, 0.1) is 12.2 Å². The molecule has 0 aromatic rings. The SMILES string of the molecule is CCCCCC(C=CC=CC=CC=C[C@@H](O)[C@@H](O)CCCC(=O)O)C1CC1. The monoisotopic (exact) mass is 376 g/mol. The van der Waals surface area contributed by atoms with Gasteiger partial charge in [0.1, 0.15) is 0 Å². The largest absolute Gasteiger partial charge is 0.481 e. The Balaban J connectivity index is 2.25. The van der Waals surface area contributed by atoms with E-state index >= 15 is 0 Å². The third-order valence-corrected chi connectivity index (χ3v) is 4.88. The maximum Gasteiger partial charge on any atom is 0.303 e. The number of aliphatic hydroxyl groups excluding tert-OH is 2. The molecular formula is C23H36O4. The molecule has 1 rings (SSSR count). The van der Waals surface area contributed by atoms with Crippen molar-refractivity contribution in [2.75, 3.05) is 0 Å². The summed E-state index contributed by atoms with van der Waals surface area (Å²) in [7, 11) is 0. The molecule has 1 aliphatic carbocycles. The van der Waals surface area contributed by atoms with Crippen molar-refractivity contribution in [3.05, 3.63) is 48.6 Å². The van der Waals surface area contributed by atoms with Crippen LogP contribution in [0.15, 0.2) is 48.6 Å². The fourth-order valence-corrected chi connectivity index (χ4v) is 3.05. The van der Waals surface area contributed by atoms with E-state index in [0.717, 1.165) is 11.8 Å². The summed E-state index contributed by atoms with van der Waals surface area (Å²) in [4.78, 5) is 10.4. The number of aliphatic carboxylic acids is 1.